The normalized spacial score (nSPS) is 35.0. The fraction of sp³-hybridized carbons (Fsp3) is 1.00. The lowest BCUT2D eigenvalue weighted by Crippen LogP contribution is -2.38. The maximum Gasteiger partial charge on any atom is 0.0700 e. The van der Waals surface area contributed by atoms with Crippen LogP contribution in [0.5, 0.6) is 0 Å². The average molecular weight is 329 g/mol. The molecule has 3 rings (SSSR count). The van der Waals surface area contributed by atoms with Gasteiger partial charge >= 0.3 is 0 Å². The van der Waals surface area contributed by atoms with Crippen molar-refractivity contribution < 1.29 is 14.6 Å². The molecule has 3 aliphatic rings. The van der Waals surface area contributed by atoms with Gasteiger partial charge in [-0.05, 0) is 12.5 Å². The Bertz CT molecular complexity index is 291. The minimum atomic E-state index is 0. The summed E-state index contributed by atoms with van der Waals surface area (Å²) >= 11 is 0. The molecule has 0 aromatic carbocycles. The number of fused-ring (bicyclic) bond motifs is 1. The summed E-state index contributed by atoms with van der Waals surface area (Å²) in [5, 5.41) is 13.1. The molecule has 2 unspecified atom stereocenters. The molecule has 0 aliphatic carbocycles. The summed E-state index contributed by atoms with van der Waals surface area (Å²) in [5.41, 5.74) is 0.104. The van der Waals surface area contributed by atoms with Crippen LogP contribution in [0.25, 0.3) is 0 Å². The fourth-order valence-electron chi connectivity index (χ4n) is 3.63. The predicted octanol–water partition coefficient (Wildman–Crippen LogP) is 0.00670. The van der Waals surface area contributed by atoms with Gasteiger partial charge in [-0.1, -0.05) is 0 Å². The highest BCUT2D eigenvalue weighted by Crippen LogP contribution is 2.38. The lowest BCUT2D eigenvalue weighted by Gasteiger charge is -2.26. The molecule has 2 atom stereocenters. The van der Waals surface area contributed by atoms with E-state index in [1.54, 1.807) is 0 Å². The van der Waals surface area contributed by atoms with E-state index >= 15 is 0 Å². The van der Waals surface area contributed by atoms with Crippen LogP contribution < -0.4 is 5.32 Å². The molecule has 3 aliphatic heterocycles. The van der Waals surface area contributed by atoms with E-state index in [0.717, 1.165) is 59.2 Å². The van der Waals surface area contributed by atoms with Gasteiger partial charge in [0.1, 0.15) is 0 Å². The highest BCUT2D eigenvalue weighted by Gasteiger charge is 2.49. The van der Waals surface area contributed by atoms with E-state index in [9.17, 15) is 5.11 Å². The second kappa shape index (κ2) is 8.13. The number of hydrogen-bond donors (Lipinski definition) is 2. The van der Waals surface area contributed by atoms with Gasteiger partial charge in [0.25, 0.3) is 0 Å². The Morgan fingerprint density at radius 2 is 1.90 bits per heavy atom. The minimum absolute atomic E-state index is 0. The van der Waals surface area contributed by atoms with Gasteiger partial charge < -0.3 is 24.8 Å². The molecule has 0 saturated carbocycles. The fourth-order valence-corrected chi connectivity index (χ4v) is 3.63. The van der Waals surface area contributed by atoms with Crippen LogP contribution >= 0.6 is 24.8 Å². The predicted molar refractivity (Wildman–Crippen MR) is 81.9 cm³/mol. The lowest BCUT2D eigenvalue weighted by molar-refractivity contribution is 0.0968. The van der Waals surface area contributed by atoms with Crippen LogP contribution in [0.15, 0.2) is 0 Å². The molecule has 7 heteroatoms. The summed E-state index contributed by atoms with van der Waals surface area (Å²) in [5.74, 6) is 1.09. The number of nitrogens with zero attached hydrogens (tertiary/aromatic N) is 1. The number of aliphatic hydroxyl groups is 1. The summed E-state index contributed by atoms with van der Waals surface area (Å²) in [7, 11) is 0. The third-order valence-electron chi connectivity index (χ3n) is 4.66. The molecular weight excluding hydrogens is 303 g/mol. The summed E-state index contributed by atoms with van der Waals surface area (Å²) in [6.07, 6.45) is 0. The van der Waals surface area contributed by atoms with Crippen LogP contribution in [0.4, 0.5) is 0 Å². The SMILES string of the molecule is Cl.Cl.OCC12CNCC1CN(CC1COCCOC1)C2. The van der Waals surface area contributed by atoms with Crippen molar-refractivity contribution in [3.8, 4) is 0 Å². The van der Waals surface area contributed by atoms with E-state index in [1.807, 2.05) is 0 Å². The van der Waals surface area contributed by atoms with Crippen molar-refractivity contribution in [1.29, 1.82) is 0 Å². The van der Waals surface area contributed by atoms with Gasteiger partial charge in [0, 0.05) is 37.5 Å². The summed E-state index contributed by atoms with van der Waals surface area (Å²) in [4.78, 5) is 2.49. The Hall–Kier alpha value is 0.380. The third kappa shape index (κ3) is 3.77. The van der Waals surface area contributed by atoms with E-state index < -0.39 is 0 Å². The number of aliphatic hydroxyl groups excluding tert-OH is 1. The van der Waals surface area contributed by atoms with E-state index in [2.05, 4.69) is 10.2 Å². The van der Waals surface area contributed by atoms with Gasteiger partial charge in [0.05, 0.1) is 33.0 Å². The van der Waals surface area contributed by atoms with Crippen molar-refractivity contribution in [3.63, 3.8) is 0 Å². The highest BCUT2D eigenvalue weighted by molar-refractivity contribution is 5.85. The second-order valence-corrected chi connectivity index (χ2v) is 6.06. The molecule has 120 valence electrons. The molecule has 0 amide bonds. The zero-order valence-corrected chi connectivity index (χ0v) is 13.4. The molecule has 5 nitrogen and oxygen atoms in total. The zero-order valence-electron chi connectivity index (χ0n) is 11.8. The summed E-state index contributed by atoms with van der Waals surface area (Å²) < 4.78 is 11.1. The van der Waals surface area contributed by atoms with Gasteiger partial charge in [-0.25, -0.2) is 0 Å². The maximum absolute atomic E-state index is 9.68. The topological polar surface area (TPSA) is 54.0 Å². The number of halogens is 2. The Labute approximate surface area is 133 Å². The highest BCUT2D eigenvalue weighted by atomic mass is 35.5. The van der Waals surface area contributed by atoms with Crippen molar-refractivity contribution in [3.05, 3.63) is 0 Å². The Kier molecular flexibility index (Phi) is 7.49. The zero-order chi connectivity index (χ0) is 12.4. The van der Waals surface area contributed by atoms with Crippen LogP contribution in [0.3, 0.4) is 0 Å². The maximum atomic E-state index is 9.68. The Balaban J connectivity index is 0.000001000. The van der Waals surface area contributed by atoms with Crippen molar-refractivity contribution in [2.24, 2.45) is 17.3 Å². The van der Waals surface area contributed by atoms with Gasteiger partial charge in [0.15, 0.2) is 0 Å². The molecule has 20 heavy (non-hydrogen) atoms. The third-order valence-corrected chi connectivity index (χ3v) is 4.66. The number of rotatable bonds is 3. The molecular formula is C13H26Cl2N2O3. The van der Waals surface area contributed by atoms with Crippen LogP contribution in [-0.4, -0.2) is 75.8 Å². The van der Waals surface area contributed by atoms with Crippen LogP contribution in [0, 0.1) is 17.3 Å². The van der Waals surface area contributed by atoms with E-state index in [0.29, 0.717) is 18.4 Å². The Morgan fingerprint density at radius 3 is 2.50 bits per heavy atom. The first-order chi connectivity index (χ1) is 8.82. The van der Waals surface area contributed by atoms with Gasteiger partial charge in [-0.3, -0.25) is 0 Å². The molecule has 0 aromatic rings. The van der Waals surface area contributed by atoms with Gasteiger partial charge in [0.2, 0.25) is 0 Å². The molecule has 0 radical (unpaired) electrons. The summed E-state index contributed by atoms with van der Waals surface area (Å²) in [6, 6.07) is 0. The minimum Gasteiger partial charge on any atom is -0.396 e. The van der Waals surface area contributed by atoms with Crippen molar-refractivity contribution >= 4 is 24.8 Å². The molecule has 2 N–H and O–H groups in total. The van der Waals surface area contributed by atoms with Crippen LogP contribution in [0.1, 0.15) is 0 Å². The molecule has 3 fully saturated rings. The molecule has 0 bridgehead atoms. The molecule has 3 heterocycles. The number of likely N-dealkylation sites (tertiary alicyclic amines) is 1. The monoisotopic (exact) mass is 328 g/mol. The number of nitrogens with one attached hydrogen (secondary N) is 1. The molecule has 0 aromatic heterocycles. The number of hydrogen-bond acceptors (Lipinski definition) is 5. The largest absolute Gasteiger partial charge is 0.396 e. The van der Waals surface area contributed by atoms with E-state index in [4.69, 9.17) is 9.47 Å². The average Bonchev–Trinajstić information content (AvgIpc) is 2.77. The first-order valence-corrected chi connectivity index (χ1v) is 7.02. The van der Waals surface area contributed by atoms with Gasteiger partial charge in [-0.15, -0.1) is 24.8 Å². The van der Waals surface area contributed by atoms with Crippen LogP contribution in [-0.2, 0) is 9.47 Å². The standard InChI is InChI=1S/C13H24N2O3.2ClH/c16-10-13-8-14-3-12(13)5-15(9-13)4-11-6-17-1-2-18-7-11;;/h11-12,14,16H,1-10H2;2*1H. The van der Waals surface area contributed by atoms with E-state index in [-0.39, 0.29) is 30.2 Å². The smallest absolute Gasteiger partial charge is 0.0700 e. The summed E-state index contributed by atoms with van der Waals surface area (Å²) in [6.45, 7) is 8.54. The van der Waals surface area contributed by atoms with Crippen LogP contribution in [0.2, 0.25) is 0 Å². The Morgan fingerprint density at radius 1 is 1.20 bits per heavy atom. The lowest BCUT2D eigenvalue weighted by atomic mass is 9.82. The first-order valence-electron chi connectivity index (χ1n) is 7.02. The molecule has 0 spiro atoms. The second-order valence-electron chi connectivity index (χ2n) is 6.06. The first kappa shape index (κ1) is 18.4. The molecule has 3 saturated heterocycles. The van der Waals surface area contributed by atoms with Gasteiger partial charge in [-0.2, -0.15) is 0 Å². The van der Waals surface area contributed by atoms with Crippen molar-refractivity contribution in [2.75, 3.05) is 65.8 Å². The number of ether oxygens (including phenoxy) is 2. The quantitative estimate of drug-likeness (QED) is 0.764. The van der Waals surface area contributed by atoms with Crippen molar-refractivity contribution in [1.82, 2.24) is 10.2 Å². The van der Waals surface area contributed by atoms with Crippen molar-refractivity contribution in [2.45, 2.75) is 0 Å². The van der Waals surface area contributed by atoms with E-state index in [1.165, 1.54) is 0 Å².